The van der Waals surface area contributed by atoms with Crippen LogP contribution in [-0.4, -0.2) is 54.6 Å². The van der Waals surface area contributed by atoms with Crippen molar-refractivity contribution in [2.75, 3.05) is 32.7 Å². The van der Waals surface area contributed by atoms with Crippen molar-refractivity contribution in [3.05, 3.63) is 24.2 Å². The molecule has 0 aliphatic carbocycles. The van der Waals surface area contributed by atoms with Gasteiger partial charge in [-0.25, -0.2) is 4.99 Å². The highest BCUT2D eigenvalue weighted by molar-refractivity contribution is 14.0. The van der Waals surface area contributed by atoms with Crippen molar-refractivity contribution < 1.29 is 14.3 Å². The molecule has 2 saturated heterocycles. The van der Waals surface area contributed by atoms with E-state index >= 15 is 0 Å². The zero-order chi connectivity index (χ0) is 17.9. The molecular weight excluding hydrogens is 447 g/mol. The maximum absolute atomic E-state index is 11.7. The fourth-order valence-electron chi connectivity index (χ4n) is 3.75. The van der Waals surface area contributed by atoms with Crippen LogP contribution in [-0.2, 0) is 10.4 Å². The zero-order valence-electron chi connectivity index (χ0n) is 15.5. The Bertz CT molecular complexity index is 632. The molecule has 1 amide bonds. The van der Waals surface area contributed by atoms with E-state index in [1.165, 1.54) is 0 Å². The largest absolute Gasteiger partial charge is 0.466 e. The molecule has 3 N–H and O–H groups in total. The first-order valence-electron chi connectivity index (χ1n) is 9.00. The lowest BCUT2D eigenvalue weighted by Crippen LogP contribution is -2.51. The summed E-state index contributed by atoms with van der Waals surface area (Å²) in [5.41, 5.74) is -1.14. The van der Waals surface area contributed by atoms with Gasteiger partial charge in [-0.1, -0.05) is 0 Å². The Morgan fingerprint density at radius 3 is 3.00 bits per heavy atom. The fourth-order valence-corrected chi connectivity index (χ4v) is 3.75. The van der Waals surface area contributed by atoms with Gasteiger partial charge in [-0.05, 0) is 38.8 Å². The average Bonchev–Trinajstić information content (AvgIpc) is 3.23. The highest BCUT2D eigenvalue weighted by atomic mass is 127. The molecule has 3 heterocycles. The van der Waals surface area contributed by atoms with E-state index in [0.29, 0.717) is 12.2 Å². The average molecular weight is 476 g/mol. The van der Waals surface area contributed by atoms with E-state index in [0.717, 1.165) is 45.0 Å². The van der Waals surface area contributed by atoms with Gasteiger partial charge in [-0.15, -0.1) is 24.0 Å². The number of hydrogen-bond acceptors (Lipinski definition) is 4. The van der Waals surface area contributed by atoms with Gasteiger partial charge in [0, 0.05) is 38.0 Å². The molecule has 2 fully saturated rings. The number of nitrogens with one attached hydrogen (secondary N) is 2. The standard InChI is InChI=1S/C18H28N4O3.HI/c1-3-19-16(21-11-17(2,24)14-6-4-9-25-14)22-8-5-7-18(13-22)10-15(23)20-12-18;/h4,6,9,24H,3,5,7-8,10-13H2,1-2H3,(H,19,21)(H,20,23);1H. The van der Waals surface area contributed by atoms with Crippen molar-refractivity contribution in [1.29, 1.82) is 0 Å². The first-order valence-corrected chi connectivity index (χ1v) is 9.00. The monoisotopic (exact) mass is 476 g/mol. The molecule has 0 saturated carbocycles. The smallest absolute Gasteiger partial charge is 0.220 e. The Morgan fingerprint density at radius 1 is 1.58 bits per heavy atom. The second-order valence-electron chi connectivity index (χ2n) is 7.40. The van der Waals surface area contributed by atoms with E-state index in [-0.39, 0.29) is 41.8 Å². The third kappa shape index (κ3) is 4.70. The number of aliphatic imine (C=N–C) groups is 1. The molecule has 1 aromatic rings. The van der Waals surface area contributed by atoms with Gasteiger partial charge in [-0.2, -0.15) is 0 Å². The topological polar surface area (TPSA) is 90.1 Å². The van der Waals surface area contributed by atoms with E-state index in [2.05, 4.69) is 20.5 Å². The minimum absolute atomic E-state index is 0. The summed E-state index contributed by atoms with van der Waals surface area (Å²) in [7, 11) is 0. The predicted molar refractivity (Wildman–Crippen MR) is 111 cm³/mol. The normalized spacial score (nSPS) is 25.6. The number of rotatable bonds is 4. The van der Waals surface area contributed by atoms with Gasteiger partial charge in [-0.3, -0.25) is 4.79 Å². The fraction of sp³-hybridized carbons (Fsp3) is 0.667. The molecular formula is C18H29IN4O3. The van der Waals surface area contributed by atoms with Crippen LogP contribution in [0.3, 0.4) is 0 Å². The minimum Gasteiger partial charge on any atom is -0.466 e. The Labute approximate surface area is 171 Å². The summed E-state index contributed by atoms with van der Waals surface area (Å²) in [4.78, 5) is 18.6. The van der Waals surface area contributed by atoms with Crippen LogP contribution in [0.1, 0.15) is 38.9 Å². The lowest BCUT2D eigenvalue weighted by Gasteiger charge is -2.41. The van der Waals surface area contributed by atoms with Crippen LogP contribution >= 0.6 is 24.0 Å². The van der Waals surface area contributed by atoms with Gasteiger partial charge in [0.25, 0.3) is 0 Å². The number of guanidine groups is 1. The Kier molecular flexibility index (Phi) is 6.95. The van der Waals surface area contributed by atoms with Crippen LogP contribution in [0.15, 0.2) is 27.8 Å². The molecule has 0 radical (unpaired) electrons. The molecule has 3 rings (SSSR count). The van der Waals surface area contributed by atoms with Crippen LogP contribution < -0.4 is 10.6 Å². The van der Waals surface area contributed by atoms with Crippen LogP contribution in [0.25, 0.3) is 0 Å². The predicted octanol–water partition coefficient (Wildman–Crippen LogP) is 1.67. The molecule has 1 spiro atoms. The SMILES string of the molecule is CCNC(=NCC(C)(O)c1ccco1)N1CCCC2(CNC(=O)C2)C1.I. The number of piperidine rings is 1. The minimum atomic E-state index is -1.15. The van der Waals surface area contributed by atoms with Crippen LogP contribution in [0.2, 0.25) is 0 Å². The Morgan fingerprint density at radius 2 is 2.38 bits per heavy atom. The van der Waals surface area contributed by atoms with Crippen molar-refractivity contribution in [3.8, 4) is 0 Å². The number of amides is 1. The van der Waals surface area contributed by atoms with Crippen LogP contribution in [0.5, 0.6) is 0 Å². The lowest BCUT2D eigenvalue weighted by atomic mass is 9.79. The van der Waals surface area contributed by atoms with E-state index in [9.17, 15) is 9.90 Å². The second-order valence-corrected chi connectivity index (χ2v) is 7.40. The summed E-state index contributed by atoms with van der Waals surface area (Å²) in [5.74, 6) is 1.44. The van der Waals surface area contributed by atoms with Crippen LogP contribution in [0.4, 0.5) is 0 Å². The maximum Gasteiger partial charge on any atom is 0.220 e. The van der Waals surface area contributed by atoms with E-state index < -0.39 is 5.60 Å². The molecule has 2 aliphatic heterocycles. The quantitative estimate of drug-likeness (QED) is 0.350. The van der Waals surface area contributed by atoms with Gasteiger partial charge in [0.15, 0.2) is 5.96 Å². The number of likely N-dealkylation sites (tertiary alicyclic amines) is 1. The Balaban J connectivity index is 0.00000243. The molecule has 2 atom stereocenters. The highest BCUT2D eigenvalue weighted by Gasteiger charge is 2.42. The zero-order valence-corrected chi connectivity index (χ0v) is 17.8. The molecule has 2 aliphatic rings. The summed E-state index contributed by atoms with van der Waals surface area (Å²) < 4.78 is 5.32. The van der Waals surface area contributed by atoms with E-state index in [4.69, 9.17) is 4.42 Å². The van der Waals surface area contributed by atoms with Crippen molar-refractivity contribution in [2.24, 2.45) is 10.4 Å². The third-order valence-electron chi connectivity index (χ3n) is 5.08. The molecule has 0 bridgehead atoms. The van der Waals surface area contributed by atoms with Gasteiger partial charge in [0.1, 0.15) is 11.4 Å². The molecule has 2 unspecified atom stereocenters. The number of hydrogen-bond donors (Lipinski definition) is 3. The van der Waals surface area contributed by atoms with Gasteiger partial charge >= 0.3 is 0 Å². The number of carbonyl (C=O) groups is 1. The molecule has 8 heteroatoms. The van der Waals surface area contributed by atoms with Crippen LogP contribution in [0, 0.1) is 5.41 Å². The van der Waals surface area contributed by atoms with E-state index in [1.807, 2.05) is 6.92 Å². The summed E-state index contributed by atoms with van der Waals surface area (Å²) >= 11 is 0. The molecule has 0 aromatic carbocycles. The van der Waals surface area contributed by atoms with Gasteiger partial charge < -0.3 is 25.1 Å². The summed E-state index contributed by atoms with van der Waals surface area (Å²) in [6, 6.07) is 3.52. The van der Waals surface area contributed by atoms with Gasteiger partial charge in [0.2, 0.25) is 5.91 Å². The summed E-state index contributed by atoms with van der Waals surface area (Å²) in [5, 5.41) is 16.9. The summed E-state index contributed by atoms with van der Waals surface area (Å²) in [6.07, 6.45) is 4.24. The number of nitrogens with zero attached hydrogens (tertiary/aromatic N) is 2. The number of furan rings is 1. The van der Waals surface area contributed by atoms with Crippen molar-refractivity contribution in [1.82, 2.24) is 15.5 Å². The highest BCUT2D eigenvalue weighted by Crippen LogP contribution is 2.36. The number of carbonyl (C=O) groups excluding carboxylic acids is 1. The lowest BCUT2D eigenvalue weighted by molar-refractivity contribution is -0.119. The number of halogens is 1. The first-order chi connectivity index (χ1) is 11.9. The maximum atomic E-state index is 11.7. The molecule has 7 nitrogen and oxygen atoms in total. The number of aliphatic hydroxyl groups is 1. The van der Waals surface area contributed by atoms with Crippen molar-refractivity contribution in [3.63, 3.8) is 0 Å². The Hall–Kier alpha value is -1.29. The summed E-state index contributed by atoms with van der Waals surface area (Å²) in [6.45, 7) is 7.15. The van der Waals surface area contributed by atoms with E-state index in [1.54, 1.807) is 25.3 Å². The van der Waals surface area contributed by atoms with Crippen molar-refractivity contribution in [2.45, 2.75) is 38.7 Å². The third-order valence-corrected chi connectivity index (χ3v) is 5.08. The second kappa shape index (κ2) is 8.60. The van der Waals surface area contributed by atoms with Gasteiger partial charge in [0.05, 0.1) is 12.8 Å². The molecule has 146 valence electrons. The first kappa shape index (κ1) is 21.0. The van der Waals surface area contributed by atoms with Crippen molar-refractivity contribution >= 4 is 35.8 Å². The molecule has 26 heavy (non-hydrogen) atoms. The molecule has 1 aromatic heterocycles.